The van der Waals surface area contributed by atoms with Crippen molar-refractivity contribution in [2.75, 3.05) is 32.9 Å². The van der Waals surface area contributed by atoms with E-state index in [0.29, 0.717) is 13.2 Å². The van der Waals surface area contributed by atoms with E-state index in [0.717, 1.165) is 25.9 Å². The highest BCUT2D eigenvalue weighted by Gasteiger charge is 2.41. The van der Waals surface area contributed by atoms with Crippen LogP contribution in [0.4, 0.5) is 0 Å². The van der Waals surface area contributed by atoms with E-state index in [-0.39, 0.29) is 18.1 Å². The maximum Gasteiger partial charge on any atom is 0.0978 e. The van der Waals surface area contributed by atoms with Crippen molar-refractivity contribution >= 4 is 0 Å². The van der Waals surface area contributed by atoms with Crippen LogP contribution in [-0.4, -0.2) is 49.0 Å². The molecule has 0 spiro atoms. The molecule has 2 aliphatic heterocycles. The van der Waals surface area contributed by atoms with Crippen molar-refractivity contribution in [3.05, 3.63) is 0 Å². The largest absolute Gasteiger partial charge is 0.396 e. The minimum Gasteiger partial charge on any atom is -0.396 e. The van der Waals surface area contributed by atoms with Gasteiger partial charge in [0.2, 0.25) is 0 Å². The van der Waals surface area contributed by atoms with Crippen LogP contribution in [0.1, 0.15) is 12.8 Å². The van der Waals surface area contributed by atoms with Crippen molar-refractivity contribution in [2.24, 2.45) is 5.41 Å². The normalized spacial score (nSPS) is 31.0. The minimum absolute atomic E-state index is 0.0547. The number of hydrogen-bond acceptors (Lipinski definition) is 4. The first-order chi connectivity index (χ1) is 6.79. The topological polar surface area (TPSA) is 56.5 Å². The molecule has 4 heteroatoms. The van der Waals surface area contributed by atoms with Crippen LogP contribution in [-0.2, 0) is 4.74 Å². The molecular weight excluding hydrogens is 180 g/mol. The van der Waals surface area contributed by atoms with E-state index in [9.17, 15) is 5.11 Å². The van der Waals surface area contributed by atoms with Gasteiger partial charge < -0.3 is 9.84 Å². The van der Waals surface area contributed by atoms with Crippen molar-refractivity contribution < 1.29 is 9.84 Å². The van der Waals surface area contributed by atoms with E-state index in [4.69, 9.17) is 10.00 Å². The number of nitriles is 1. The van der Waals surface area contributed by atoms with E-state index in [1.165, 1.54) is 0 Å². The molecule has 1 atom stereocenters. The Balaban J connectivity index is 1.93. The lowest BCUT2D eigenvalue weighted by Crippen LogP contribution is -2.54. The lowest BCUT2D eigenvalue weighted by atomic mass is 9.86. The molecule has 14 heavy (non-hydrogen) atoms. The predicted molar refractivity (Wildman–Crippen MR) is 50.5 cm³/mol. The molecule has 2 aliphatic rings. The summed E-state index contributed by atoms with van der Waals surface area (Å²) < 4.78 is 5.14. The Morgan fingerprint density at radius 1 is 1.57 bits per heavy atom. The van der Waals surface area contributed by atoms with Gasteiger partial charge in [0.25, 0.3) is 0 Å². The SMILES string of the molecule is N#CC1CCCN1CC1(CO)COC1. The summed E-state index contributed by atoms with van der Waals surface area (Å²) >= 11 is 0. The van der Waals surface area contributed by atoms with Gasteiger partial charge in [0.1, 0.15) is 0 Å². The molecule has 78 valence electrons. The highest BCUT2D eigenvalue weighted by atomic mass is 16.5. The smallest absolute Gasteiger partial charge is 0.0978 e. The molecule has 0 bridgehead atoms. The molecule has 2 rings (SSSR count). The highest BCUT2D eigenvalue weighted by molar-refractivity contribution is 4.99. The number of ether oxygens (including phenoxy) is 1. The van der Waals surface area contributed by atoms with Crippen LogP contribution in [0.3, 0.4) is 0 Å². The van der Waals surface area contributed by atoms with Crippen LogP contribution in [0.25, 0.3) is 0 Å². The number of nitrogens with zero attached hydrogens (tertiary/aromatic N) is 2. The van der Waals surface area contributed by atoms with Gasteiger partial charge in [-0.1, -0.05) is 0 Å². The molecule has 2 saturated heterocycles. The fraction of sp³-hybridized carbons (Fsp3) is 0.900. The van der Waals surface area contributed by atoms with Gasteiger partial charge in [0.15, 0.2) is 0 Å². The summed E-state index contributed by atoms with van der Waals surface area (Å²) in [5.41, 5.74) is -0.0839. The molecule has 1 N–H and O–H groups in total. The molecule has 1 unspecified atom stereocenters. The summed E-state index contributed by atoms with van der Waals surface area (Å²) in [5, 5.41) is 18.2. The first kappa shape index (κ1) is 9.91. The van der Waals surface area contributed by atoms with Gasteiger partial charge >= 0.3 is 0 Å². The molecule has 0 saturated carbocycles. The Hall–Kier alpha value is -0.630. The molecule has 0 aliphatic carbocycles. The maximum atomic E-state index is 9.27. The third kappa shape index (κ3) is 1.63. The Labute approximate surface area is 84.1 Å². The maximum absolute atomic E-state index is 9.27. The average Bonchev–Trinajstić information content (AvgIpc) is 2.58. The summed E-state index contributed by atoms with van der Waals surface area (Å²) in [6.45, 7) is 3.24. The number of aliphatic hydroxyl groups excluding tert-OH is 1. The van der Waals surface area contributed by atoms with Crippen LogP contribution in [0.5, 0.6) is 0 Å². The number of rotatable bonds is 3. The predicted octanol–water partition coefficient (Wildman–Crippen LogP) is -0.0167. The zero-order valence-corrected chi connectivity index (χ0v) is 8.28. The molecule has 0 amide bonds. The third-order valence-electron chi connectivity index (χ3n) is 3.20. The van der Waals surface area contributed by atoms with Crippen molar-refractivity contribution in [2.45, 2.75) is 18.9 Å². The quantitative estimate of drug-likeness (QED) is 0.689. The fourth-order valence-corrected chi connectivity index (χ4v) is 2.22. The van der Waals surface area contributed by atoms with E-state index in [1.54, 1.807) is 0 Å². The lowest BCUT2D eigenvalue weighted by Gasteiger charge is -2.42. The molecule has 4 nitrogen and oxygen atoms in total. The summed E-state index contributed by atoms with van der Waals surface area (Å²) in [5.74, 6) is 0. The van der Waals surface area contributed by atoms with Gasteiger partial charge in [0.05, 0.1) is 37.3 Å². The second-order valence-corrected chi connectivity index (χ2v) is 4.41. The van der Waals surface area contributed by atoms with Gasteiger partial charge in [-0.15, -0.1) is 0 Å². The lowest BCUT2D eigenvalue weighted by molar-refractivity contribution is -0.148. The summed E-state index contributed by atoms with van der Waals surface area (Å²) in [4.78, 5) is 2.18. The van der Waals surface area contributed by atoms with E-state index >= 15 is 0 Å². The molecular formula is C10H16N2O2. The second-order valence-electron chi connectivity index (χ2n) is 4.41. The first-order valence-electron chi connectivity index (χ1n) is 5.12. The van der Waals surface area contributed by atoms with E-state index in [2.05, 4.69) is 11.0 Å². The molecule has 2 fully saturated rings. The minimum atomic E-state index is -0.0839. The van der Waals surface area contributed by atoms with Crippen LogP contribution in [0.15, 0.2) is 0 Å². The van der Waals surface area contributed by atoms with Crippen LogP contribution in [0, 0.1) is 16.7 Å². The standard InChI is InChI=1S/C10H16N2O2/c11-4-9-2-1-3-12(9)5-10(6-13)7-14-8-10/h9,13H,1-3,5-8H2. The second kappa shape index (κ2) is 3.85. The van der Waals surface area contributed by atoms with E-state index < -0.39 is 0 Å². The van der Waals surface area contributed by atoms with E-state index in [1.807, 2.05) is 0 Å². The highest BCUT2D eigenvalue weighted by Crippen LogP contribution is 2.30. The third-order valence-corrected chi connectivity index (χ3v) is 3.20. The molecule has 0 aromatic rings. The average molecular weight is 196 g/mol. The zero-order valence-electron chi connectivity index (χ0n) is 8.28. The zero-order chi connectivity index (χ0) is 10.0. The summed E-state index contributed by atoms with van der Waals surface area (Å²) in [7, 11) is 0. The molecule has 0 radical (unpaired) electrons. The monoisotopic (exact) mass is 196 g/mol. The number of aliphatic hydroxyl groups is 1. The van der Waals surface area contributed by atoms with Gasteiger partial charge in [-0.25, -0.2) is 0 Å². The Kier molecular flexibility index (Phi) is 2.73. The first-order valence-corrected chi connectivity index (χ1v) is 5.12. The van der Waals surface area contributed by atoms with Crippen molar-refractivity contribution in [3.8, 4) is 6.07 Å². The van der Waals surface area contributed by atoms with Crippen LogP contribution >= 0.6 is 0 Å². The molecule has 0 aromatic heterocycles. The van der Waals surface area contributed by atoms with Gasteiger partial charge in [-0.05, 0) is 19.4 Å². The molecule has 2 heterocycles. The molecule has 0 aromatic carbocycles. The number of hydrogen-bond donors (Lipinski definition) is 1. The van der Waals surface area contributed by atoms with Crippen LogP contribution < -0.4 is 0 Å². The number of likely N-dealkylation sites (tertiary alicyclic amines) is 1. The Morgan fingerprint density at radius 3 is 2.86 bits per heavy atom. The van der Waals surface area contributed by atoms with Gasteiger partial charge in [-0.3, -0.25) is 4.90 Å². The summed E-state index contributed by atoms with van der Waals surface area (Å²) in [6.07, 6.45) is 2.07. The van der Waals surface area contributed by atoms with Crippen LogP contribution in [0.2, 0.25) is 0 Å². The Bertz CT molecular complexity index is 239. The van der Waals surface area contributed by atoms with Crippen molar-refractivity contribution in [1.82, 2.24) is 4.90 Å². The van der Waals surface area contributed by atoms with Gasteiger partial charge in [0, 0.05) is 6.54 Å². The van der Waals surface area contributed by atoms with Crippen molar-refractivity contribution in [1.29, 1.82) is 5.26 Å². The Morgan fingerprint density at radius 2 is 2.36 bits per heavy atom. The fourth-order valence-electron chi connectivity index (χ4n) is 2.22. The summed E-state index contributed by atoms with van der Waals surface area (Å²) in [6, 6.07) is 2.37. The van der Waals surface area contributed by atoms with Gasteiger partial charge in [-0.2, -0.15) is 5.26 Å². The van der Waals surface area contributed by atoms with Crippen molar-refractivity contribution in [3.63, 3.8) is 0 Å².